The number of hydrogen-bond donors (Lipinski definition) is 0. The van der Waals surface area contributed by atoms with Gasteiger partial charge in [0.05, 0.1) is 16.9 Å². The molecule has 3 nitrogen and oxygen atoms in total. The third kappa shape index (κ3) is 2.96. The van der Waals surface area contributed by atoms with Gasteiger partial charge < -0.3 is 4.74 Å². The molecule has 1 aliphatic carbocycles. The number of ether oxygens (including phenoxy) is 1. The Morgan fingerprint density at radius 3 is 2.30 bits per heavy atom. The Balaban J connectivity index is 2.25. The molecule has 1 aliphatic rings. The molecule has 0 aliphatic heterocycles. The maximum atomic E-state index is 12.5. The van der Waals surface area contributed by atoms with Gasteiger partial charge in [0.25, 0.3) is 0 Å². The first kappa shape index (κ1) is 14.9. The zero-order valence-electron chi connectivity index (χ0n) is 12.0. The predicted molar refractivity (Wildman–Crippen MR) is 80.3 cm³/mol. The average molecular weight is 292 g/mol. The van der Waals surface area contributed by atoms with Crippen LogP contribution < -0.4 is 4.74 Å². The Morgan fingerprint density at radius 1 is 1.20 bits per heavy atom. The van der Waals surface area contributed by atoms with Crippen LogP contribution in [0.2, 0.25) is 0 Å². The lowest BCUT2D eigenvalue weighted by Gasteiger charge is -2.19. The highest BCUT2D eigenvalue weighted by Gasteiger charge is 2.22. The van der Waals surface area contributed by atoms with E-state index in [1.165, 1.54) is 0 Å². The van der Waals surface area contributed by atoms with Crippen molar-refractivity contribution < 1.29 is 13.2 Å². The molecular formula is C16H20O3S. The molecule has 0 radical (unpaired) electrons. The van der Waals surface area contributed by atoms with Crippen molar-refractivity contribution in [2.45, 2.75) is 25.2 Å². The lowest BCUT2D eigenvalue weighted by atomic mass is 9.90. The molecule has 2 rings (SSSR count). The molecule has 1 atom stereocenters. The van der Waals surface area contributed by atoms with E-state index in [9.17, 15) is 8.42 Å². The molecule has 0 aromatic heterocycles. The molecule has 0 N–H and O–H groups in total. The second-order valence-corrected chi connectivity index (χ2v) is 7.24. The van der Waals surface area contributed by atoms with Crippen LogP contribution in [0.5, 0.6) is 5.75 Å². The minimum absolute atomic E-state index is 0.303. The zero-order valence-corrected chi connectivity index (χ0v) is 12.9. The summed E-state index contributed by atoms with van der Waals surface area (Å²) in [6.07, 6.45) is 6.33. The molecule has 0 saturated carbocycles. The fourth-order valence-electron chi connectivity index (χ4n) is 2.20. The highest BCUT2D eigenvalue weighted by Crippen LogP contribution is 2.29. The van der Waals surface area contributed by atoms with Crippen molar-refractivity contribution in [2.75, 3.05) is 7.11 Å². The Morgan fingerprint density at radius 2 is 1.85 bits per heavy atom. The van der Waals surface area contributed by atoms with Crippen LogP contribution >= 0.6 is 0 Å². The van der Waals surface area contributed by atoms with E-state index in [2.05, 4.69) is 13.8 Å². The minimum Gasteiger partial charge on any atom is -0.497 e. The second kappa shape index (κ2) is 5.83. The minimum atomic E-state index is -3.42. The topological polar surface area (TPSA) is 43.4 Å². The summed E-state index contributed by atoms with van der Waals surface area (Å²) in [7, 11) is -1.86. The van der Waals surface area contributed by atoms with Gasteiger partial charge in [-0.15, -0.1) is 0 Å². The summed E-state index contributed by atoms with van der Waals surface area (Å²) in [6, 6.07) is 6.49. The summed E-state index contributed by atoms with van der Waals surface area (Å²) in [4.78, 5) is 0.691. The summed E-state index contributed by atoms with van der Waals surface area (Å²) in [6.45, 7) is 4.29. The van der Waals surface area contributed by atoms with Gasteiger partial charge in [-0.1, -0.05) is 26.0 Å². The average Bonchev–Trinajstić information content (AvgIpc) is 2.47. The second-order valence-electron chi connectivity index (χ2n) is 5.29. The molecule has 1 aromatic carbocycles. The summed E-state index contributed by atoms with van der Waals surface area (Å²) in [5.74, 6) is 1.59. The number of rotatable bonds is 4. The Labute approximate surface area is 120 Å². The summed E-state index contributed by atoms with van der Waals surface area (Å²) in [5.41, 5.74) is 0. The van der Waals surface area contributed by atoms with E-state index in [1.807, 2.05) is 12.2 Å². The maximum absolute atomic E-state index is 12.5. The molecule has 0 bridgehead atoms. The summed E-state index contributed by atoms with van der Waals surface area (Å²) >= 11 is 0. The Hall–Kier alpha value is -1.55. The van der Waals surface area contributed by atoms with Crippen molar-refractivity contribution in [3.63, 3.8) is 0 Å². The first-order valence-electron chi connectivity index (χ1n) is 6.72. The van der Waals surface area contributed by atoms with E-state index in [1.54, 1.807) is 37.5 Å². The van der Waals surface area contributed by atoms with Gasteiger partial charge in [-0.05, 0) is 48.6 Å². The Kier molecular flexibility index (Phi) is 4.33. The van der Waals surface area contributed by atoms with Gasteiger partial charge >= 0.3 is 0 Å². The molecule has 0 saturated heterocycles. The fourth-order valence-corrected chi connectivity index (χ4v) is 3.54. The quantitative estimate of drug-likeness (QED) is 0.852. The Bertz CT molecular complexity index is 622. The number of hydrogen-bond acceptors (Lipinski definition) is 3. The molecule has 0 fully saturated rings. The SMILES string of the molecule is COc1ccc(S(=O)(=O)C2=CCC(C(C)C)C=C2)cc1. The molecule has 0 amide bonds. The largest absolute Gasteiger partial charge is 0.497 e. The van der Waals surface area contributed by atoms with Crippen LogP contribution in [0.1, 0.15) is 20.3 Å². The van der Waals surface area contributed by atoms with E-state index in [0.29, 0.717) is 27.4 Å². The lowest BCUT2D eigenvalue weighted by molar-refractivity contribution is 0.414. The third-order valence-corrected chi connectivity index (χ3v) is 5.45. The van der Waals surface area contributed by atoms with Gasteiger partial charge in [0, 0.05) is 0 Å². The molecule has 20 heavy (non-hydrogen) atoms. The van der Waals surface area contributed by atoms with E-state index in [4.69, 9.17) is 4.74 Å². The van der Waals surface area contributed by atoms with E-state index >= 15 is 0 Å². The number of benzene rings is 1. The monoisotopic (exact) mass is 292 g/mol. The maximum Gasteiger partial charge on any atom is 0.206 e. The van der Waals surface area contributed by atoms with Crippen molar-refractivity contribution in [3.8, 4) is 5.75 Å². The van der Waals surface area contributed by atoms with Crippen LogP contribution in [0.15, 0.2) is 52.3 Å². The van der Waals surface area contributed by atoms with Gasteiger partial charge in [0.15, 0.2) is 0 Å². The molecule has 0 heterocycles. The van der Waals surface area contributed by atoms with Gasteiger partial charge in [0.2, 0.25) is 9.84 Å². The van der Waals surface area contributed by atoms with Crippen molar-refractivity contribution >= 4 is 9.84 Å². The van der Waals surface area contributed by atoms with Crippen molar-refractivity contribution in [1.82, 2.24) is 0 Å². The van der Waals surface area contributed by atoms with Crippen LogP contribution in [-0.4, -0.2) is 15.5 Å². The van der Waals surface area contributed by atoms with E-state index < -0.39 is 9.84 Å². The number of allylic oxidation sites excluding steroid dienone is 3. The molecule has 1 aromatic rings. The van der Waals surface area contributed by atoms with Crippen LogP contribution in [0.4, 0.5) is 0 Å². The summed E-state index contributed by atoms with van der Waals surface area (Å²) < 4.78 is 30.1. The molecule has 108 valence electrons. The molecular weight excluding hydrogens is 272 g/mol. The van der Waals surface area contributed by atoms with E-state index in [-0.39, 0.29) is 0 Å². The highest BCUT2D eigenvalue weighted by atomic mass is 32.2. The zero-order chi connectivity index (χ0) is 14.8. The van der Waals surface area contributed by atoms with Crippen molar-refractivity contribution in [2.24, 2.45) is 11.8 Å². The van der Waals surface area contributed by atoms with Crippen LogP contribution in [-0.2, 0) is 9.84 Å². The van der Waals surface area contributed by atoms with Crippen molar-refractivity contribution in [1.29, 1.82) is 0 Å². The van der Waals surface area contributed by atoms with Gasteiger partial charge in [0.1, 0.15) is 5.75 Å². The standard InChI is InChI=1S/C16H20O3S/c1-12(2)13-4-8-15(9-5-13)20(17,18)16-10-6-14(19-3)7-11-16/h4,6-13H,5H2,1-3H3. The number of methoxy groups -OCH3 is 1. The predicted octanol–water partition coefficient (Wildman–Crippen LogP) is 3.58. The first-order chi connectivity index (χ1) is 9.45. The summed E-state index contributed by atoms with van der Waals surface area (Å²) in [5, 5.41) is 0. The van der Waals surface area contributed by atoms with Crippen LogP contribution in [0.25, 0.3) is 0 Å². The normalized spacial score (nSPS) is 19.0. The fraction of sp³-hybridized carbons (Fsp3) is 0.375. The van der Waals surface area contributed by atoms with Gasteiger partial charge in [-0.2, -0.15) is 0 Å². The molecule has 1 unspecified atom stereocenters. The first-order valence-corrected chi connectivity index (χ1v) is 8.21. The van der Waals surface area contributed by atoms with Crippen LogP contribution in [0.3, 0.4) is 0 Å². The van der Waals surface area contributed by atoms with E-state index in [0.717, 1.165) is 6.42 Å². The van der Waals surface area contributed by atoms with Gasteiger partial charge in [-0.25, -0.2) is 8.42 Å². The number of sulfone groups is 1. The molecule has 4 heteroatoms. The van der Waals surface area contributed by atoms with Crippen LogP contribution in [0, 0.1) is 11.8 Å². The lowest BCUT2D eigenvalue weighted by Crippen LogP contribution is -2.11. The van der Waals surface area contributed by atoms with Crippen molar-refractivity contribution in [3.05, 3.63) is 47.4 Å². The molecule has 0 spiro atoms. The smallest absolute Gasteiger partial charge is 0.206 e. The highest BCUT2D eigenvalue weighted by molar-refractivity contribution is 7.95. The van der Waals surface area contributed by atoms with Gasteiger partial charge in [-0.3, -0.25) is 0 Å². The third-order valence-electron chi connectivity index (χ3n) is 3.64.